The molecule has 42 heavy (non-hydrogen) atoms. The summed E-state index contributed by atoms with van der Waals surface area (Å²) in [5.74, 6) is -3.63. The Morgan fingerprint density at radius 2 is 1.83 bits per heavy atom. The summed E-state index contributed by atoms with van der Waals surface area (Å²) in [5.41, 5.74) is -1.64. The number of aliphatic hydroxyl groups excluding tert-OH is 2. The second-order valence-corrected chi connectivity index (χ2v) is 13.7. The molecule has 1 aromatic rings. The van der Waals surface area contributed by atoms with Gasteiger partial charge in [-0.3, -0.25) is 9.59 Å². The van der Waals surface area contributed by atoms with Crippen molar-refractivity contribution in [2.45, 2.75) is 83.6 Å². The van der Waals surface area contributed by atoms with E-state index in [0.29, 0.717) is 25.7 Å². The number of hydrogen-bond donors (Lipinski definition) is 5. The van der Waals surface area contributed by atoms with E-state index in [0.717, 1.165) is 6.08 Å². The summed E-state index contributed by atoms with van der Waals surface area (Å²) in [6.45, 7) is 7.76. The Morgan fingerprint density at radius 3 is 2.48 bits per heavy atom. The Morgan fingerprint density at radius 1 is 1.17 bits per heavy atom. The fourth-order valence-corrected chi connectivity index (χ4v) is 6.92. The van der Waals surface area contributed by atoms with Gasteiger partial charge in [0.25, 0.3) is 0 Å². The van der Waals surface area contributed by atoms with Gasteiger partial charge in [0, 0.05) is 24.2 Å². The van der Waals surface area contributed by atoms with Crippen LogP contribution in [0.1, 0.15) is 64.9 Å². The standard InChI is InChI=1S/C31H39Cl2F2N3O4/c1-16-12-20(33)21(34)8-10-31(29(42)37-16)24(15-30(2,3)4)38-27(25(31)18-6-5-7-19(32)26(18)35)28(41)36-11-9-17-13-22(39)23(40)14-17/h5-8,10,12,17,22-25,27,38-40H,9,11,13-15H2,1-4H3,(H,36,41)(H,37,42)/b10-8+,16-12+,21-20-/t22-,23-,24+,25-,27+,31-/m0/s1. The summed E-state index contributed by atoms with van der Waals surface area (Å²) in [7, 11) is 0. The normalized spacial score (nSPS) is 34.4. The first kappa shape index (κ1) is 32.6. The summed E-state index contributed by atoms with van der Waals surface area (Å²) in [6, 6.07) is 2.62. The van der Waals surface area contributed by atoms with Crippen LogP contribution in [0, 0.1) is 22.6 Å². The lowest BCUT2D eigenvalue weighted by atomic mass is 9.64. The van der Waals surface area contributed by atoms with Crippen molar-refractivity contribution in [3.63, 3.8) is 0 Å². The SMILES string of the molecule is C\C1=C/C(Cl)=C(F)\C=C\[C@]2(C(=O)N1)[C@@H](CC(C)(C)C)N[C@@H](C(=O)NCCC1C[C@H](O)[C@@H](O)C1)[C@@H]2c1cccc(Cl)c1F. The summed E-state index contributed by atoms with van der Waals surface area (Å²) in [4.78, 5) is 28.2. The number of carbonyl (C=O) groups is 2. The van der Waals surface area contributed by atoms with Crippen molar-refractivity contribution in [1.29, 1.82) is 0 Å². The van der Waals surface area contributed by atoms with Gasteiger partial charge in [-0.15, -0.1) is 0 Å². The average molecular weight is 627 g/mol. The number of allylic oxidation sites excluding steroid dienone is 5. The largest absolute Gasteiger partial charge is 0.390 e. The van der Waals surface area contributed by atoms with Gasteiger partial charge in [0.15, 0.2) is 0 Å². The van der Waals surface area contributed by atoms with Gasteiger partial charge in [-0.2, -0.15) is 0 Å². The van der Waals surface area contributed by atoms with E-state index in [4.69, 9.17) is 23.2 Å². The monoisotopic (exact) mass is 625 g/mol. The first-order valence-electron chi connectivity index (χ1n) is 14.2. The highest BCUT2D eigenvalue weighted by Crippen LogP contribution is 2.52. The molecule has 1 saturated heterocycles. The van der Waals surface area contributed by atoms with E-state index in [1.165, 1.54) is 24.3 Å². The van der Waals surface area contributed by atoms with E-state index in [9.17, 15) is 19.8 Å². The van der Waals surface area contributed by atoms with Crippen molar-refractivity contribution in [2.24, 2.45) is 16.7 Å². The zero-order valence-corrected chi connectivity index (χ0v) is 25.7. The fourth-order valence-electron chi connectivity index (χ4n) is 6.51. The van der Waals surface area contributed by atoms with Gasteiger partial charge in [0.1, 0.15) is 11.6 Å². The molecule has 1 aliphatic carbocycles. The maximum Gasteiger partial charge on any atom is 0.237 e. The lowest BCUT2D eigenvalue weighted by Gasteiger charge is -2.39. The number of halogens is 4. The second-order valence-electron chi connectivity index (χ2n) is 12.9. The van der Waals surface area contributed by atoms with Crippen LogP contribution in [-0.2, 0) is 9.59 Å². The van der Waals surface area contributed by atoms with Gasteiger partial charge in [-0.1, -0.05) is 62.2 Å². The van der Waals surface area contributed by atoms with Gasteiger partial charge in [0.05, 0.1) is 33.7 Å². The molecule has 1 spiro atoms. The van der Waals surface area contributed by atoms with Crippen LogP contribution in [0.3, 0.4) is 0 Å². The third kappa shape index (κ3) is 6.76. The van der Waals surface area contributed by atoms with E-state index in [2.05, 4.69) is 16.0 Å². The Kier molecular flexibility index (Phi) is 9.89. The molecule has 6 atom stereocenters. The quantitative estimate of drug-likeness (QED) is 0.306. The van der Waals surface area contributed by atoms with E-state index < -0.39 is 59.1 Å². The minimum atomic E-state index is -1.63. The Bertz CT molecular complexity index is 1300. The van der Waals surface area contributed by atoms with Crippen molar-refractivity contribution >= 4 is 35.0 Å². The molecule has 2 amide bonds. The van der Waals surface area contributed by atoms with Crippen molar-refractivity contribution in [3.05, 3.63) is 69.4 Å². The van der Waals surface area contributed by atoms with Crippen LogP contribution in [0.15, 0.2) is 53.0 Å². The van der Waals surface area contributed by atoms with Crippen LogP contribution in [0.4, 0.5) is 8.78 Å². The highest BCUT2D eigenvalue weighted by atomic mass is 35.5. The number of amides is 2. The molecule has 2 aliphatic heterocycles. The molecule has 1 aromatic carbocycles. The number of rotatable bonds is 6. The molecule has 4 rings (SSSR count). The zero-order valence-electron chi connectivity index (χ0n) is 24.2. The molecule has 11 heteroatoms. The molecule has 3 aliphatic rings. The number of carbonyl (C=O) groups excluding carboxylic acids is 2. The van der Waals surface area contributed by atoms with Crippen LogP contribution in [0.25, 0.3) is 0 Å². The van der Waals surface area contributed by atoms with E-state index in [1.807, 2.05) is 20.8 Å². The van der Waals surface area contributed by atoms with Crippen LogP contribution < -0.4 is 16.0 Å². The molecule has 2 fully saturated rings. The number of benzene rings is 1. The van der Waals surface area contributed by atoms with E-state index >= 15 is 8.78 Å². The maximum absolute atomic E-state index is 15.8. The molecule has 0 aromatic heterocycles. The van der Waals surface area contributed by atoms with E-state index in [1.54, 1.807) is 13.0 Å². The minimum Gasteiger partial charge on any atom is -0.390 e. The lowest BCUT2D eigenvalue weighted by molar-refractivity contribution is -0.129. The first-order valence-corrected chi connectivity index (χ1v) is 15.0. The third-order valence-electron chi connectivity index (χ3n) is 8.45. The molecule has 230 valence electrons. The summed E-state index contributed by atoms with van der Waals surface area (Å²) >= 11 is 12.3. The van der Waals surface area contributed by atoms with E-state index in [-0.39, 0.29) is 39.2 Å². The lowest BCUT2D eigenvalue weighted by Crippen LogP contribution is -2.50. The fraction of sp³-hybridized carbons (Fsp3) is 0.548. The molecule has 0 radical (unpaired) electrons. The molecule has 2 heterocycles. The van der Waals surface area contributed by atoms with Gasteiger partial charge >= 0.3 is 0 Å². The molecular weight excluding hydrogens is 587 g/mol. The predicted octanol–water partition coefficient (Wildman–Crippen LogP) is 4.97. The Balaban J connectivity index is 1.81. The molecule has 0 bridgehead atoms. The van der Waals surface area contributed by atoms with Crippen molar-refractivity contribution < 1.29 is 28.6 Å². The molecule has 0 unspecified atom stereocenters. The van der Waals surface area contributed by atoms with Crippen molar-refractivity contribution in [1.82, 2.24) is 16.0 Å². The third-order valence-corrected chi connectivity index (χ3v) is 9.03. The molecular formula is C31H39Cl2F2N3O4. The van der Waals surface area contributed by atoms with Gasteiger partial charge in [-0.25, -0.2) is 8.78 Å². The second kappa shape index (κ2) is 12.7. The van der Waals surface area contributed by atoms with Gasteiger partial charge in [0.2, 0.25) is 11.8 Å². The van der Waals surface area contributed by atoms with Crippen molar-refractivity contribution in [2.75, 3.05) is 6.54 Å². The minimum absolute atomic E-state index is 0.0327. The Labute approximate surface area is 255 Å². The van der Waals surface area contributed by atoms with Crippen LogP contribution in [0.5, 0.6) is 0 Å². The summed E-state index contributed by atoms with van der Waals surface area (Å²) < 4.78 is 31.0. The van der Waals surface area contributed by atoms with Crippen LogP contribution in [-0.4, -0.2) is 52.9 Å². The van der Waals surface area contributed by atoms with Gasteiger partial charge < -0.3 is 26.2 Å². The smallest absolute Gasteiger partial charge is 0.237 e. The topological polar surface area (TPSA) is 111 Å². The highest BCUT2D eigenvalue weighted by Gasteiger charge is 2.61. The molecule has 1 saturated carbocycles. The predicted molar refractivity (Wildman–Crippen MR) is 159 cm³/mol. The Hall–Kier alpha value is -2.30. The van der Waals surface area contributed by atoms with Crippen LogP contribution >= 0.6 is 23.2 Å². The molecule has 7 nitrogen and oxygen atoms in total. The molecule has 5 N–H and O–H groups in total. The first-order chi connectivity index (χ1) is 19.6. The number of aliphatic hydroxyl groups is 2. The summed E-state index contributed by atoms with van der Waals surface area (Å²) in [6.07, 6.45) is 4.02. The summed E-state index contributed by atoms with van der Waals surface area (Å²) in [5, 5.41) is 28.4. The van der Waals surface area contributed by atoms with Crippen LogP contribution in [0.2, 0.25) is 5.02 Å². The van der Waals surface area contributed by atoms with Crippen molar-refractivity contribution in [3.8, 4) is 0 Å². The maximum atomic E-state index is 15.8. The average Bonchev–Trinajstić information content (AvgIpc) is 3.39. The number of hydrogen-bond acceptors (Lipinski definition) is 5. The number of nitrogens with one attached hydrogen (secondary N) is 3. The van der Waals surface area contributed by atoms with Gasteiger partial charge in [-0.05, 0) is 67.7 Å². The highest BCUT2D eigenvalue weighted by molar-refractivity contribution is 6.31. The zero-order chi connectivity index (χ0) is 31.0.